The maximum absolute atomic E-state index is 12.7. The number of carbonyl (C=O) groups excluding carboxylic acids is 1. The molecular weight excluding hydrogens is 382 g/mol. The number of para-hydroxylation sites is 2. The quantitative estimate of drug-likeness (QED) is 0.389. The zero-order valence-electron chi connectivity index (χ0n) is 16.7. The number of hydrogen-bond acceptors (Lipinski definition) is 3. The van der Waals surface area contributed by atoms with Gasteiger partial charge < -0.3 is 5.32 Å². The molecule has 0 fully saturated rings. The van der Waals surface area contributed by atoms with Gasteiger partial charge in [-0.15, -0.1) is 0 Å². The summed E-state index contributed by atoms with van der Waals surface area (Å²) in [4.78, 5) is 22.5. The van der Waals surface area contributed by atoms with E-state index in [-0.39, 0.29) is 5.91 Å². The van der Waals surface area contributed by atoms with Crippen molar-refractivity contribution in [3.8, 4) is 22.6 Å². The van der Waals surface area contributed by atoms with Crippen molar-refractivity contribution in [1.82, 2.24) is 9.97 Å². The number of anilines is 1. The van der Waals surface area contributed by atoms with Crippen LogP contribution in [0.1, 0.15) is 10.4 Å². The van der Waals surface area contributed by atoms with Gasteiger partial charge in [-0.05, 0) is 30.3 Å². The maximum Gasteiger partial charge on any atom is 0.255 e. The van der Waals surface area contributed by atoms with E-state index < -0.39 is 0 Å². The summed E-state index contributed by atoms with van der Waals surface area (Å²) < 4.78 is 0. The average Bonchev–Trinajstić information content (AvgIpc) is 2.85. The predicted molar refractivity (Wildman–Crippen MR) is 125 cm³/mol. The van der Waals surface area contributed by atoms with Crippen LogP contribution in [0.5, 0.6) is 0 Å². The molecule has 1 aromatic heterocycles. The Morgan fingerprint density at radius 3 is 2.10 bits per heavy atom. The molecule has 0 atom stereocenters. The first kappa shape index (κ1) is 18.7. The van der Waals surface area contributed by atoms with Crippen molar-refractivity contribution in [1.29, 1.82) is 0 Å². The first-order valence-corrected chi connectivity index (χ1v) is 10.1. The number of carbonyl (C=O) groups is 1. The van der Waals surface area contributed by atoms with Crippen molar-refractivity contribution in [3.05, 3.63) is 115 Å². The lowest BCUT2D eigenvalue weighted by Crippen LogP contribution is -2.12. The van der Waals surface area contributed by atoms with Crippen molar-refractivity contribution in [3.63, 3.8) is 0 Å². The molecule has 5 aromatic rings. The number of nitrogens with zero attached hydrogens (tertiary/aromatic N) is 2. The van der Waals surface area contributed by atoms with Gasteiger partial charge in [0.2, 0.25) is 0 Å². The molecule has 0 aliphatic rings. The lowest BCUT2D eigenvalue weighted by molar-refractivity contribution is 0.102. The van der Waals surface area contributed by atoms with Gasteiger partial charge in [-0.1, -0.05) is 78.9 Å². The van der Waals surface area contributed by atoms with Crippen molar-refractivity contribution >= 4 is 22.5 Å². The number of fused-ring (bicyclic) bond motifs is 1. The van der Waals surface area contributed by atoms with Crippen molar-refractivity contribution in [2.75, 3.05) is 5.32 Å². The molecular formula is C27H19N3O. The van der Waals surface area contributed by atoms with Gasteiger partial charge in [-0.3, -0.25) is 4.79 Å². The van der Waals surface area contributed by atoms with Crippen LogP contribution in [0, 0.1) is 0 Å². The van der Waals surface area contributed by atoms with E-state index in [0.717, 1.165) is 27.7 Å². The molecule has 0 unspecified atom stereocenters. The van der Waals surface area contributed by atoms with Gasteiger partial charge in [0.05, 0.1) is 16.9 Å². The van der Waals surface area contributed by atoms with Gasteiger partial charge in [0.15, 0.2) is 5.82 Å². The Morgan fingerprint density at radius 2 is 1.29 bits per heavy atom. The first-order chi connectivity index (χ1) is 15.3. The smallest absolute Gasteiger partial charge is 0.255 e. The Morgan fingerprint density at radius 1 is 0.645 bits per heavy atom. The summed E-state index contributed by atoms with van der Waals surface area (Å²) in [7, 11) is 0. The molecule has 0 aliphatic heterocycles. The lowest BCUT2D eigenvalue weighted by atomic mass is 10.1. The molecule has 0 bridgehead atoms. The van der Waals surface area contributed by atoms with E-state index in [1.165, 1.54) is 0 Å². The third-order valence-electron chi connectivity index (χ3n) is 5.10. The summed E-state index contributed by atoms with van der Waals surface area (Å²) in [5, 5.41) is 4.00. The monoisotopic (exact) mass is 401 g/mol. The van der Waals surface area contributed by atoms with Gasteiger partial charge in [0.1, 0.15) is 0 Å². The van der Waals surface area contributed by atoms with Gasteiger partial charge >= 0.3 is 0 Å². The number of amides is 1. The minimum atomic E-state index is -0.169. The second-order valence-corrected chi connectivity index (χ2v) is 7.14. The Balaban J connectivity index is 1.63. The molecule has 1 heterocycles. The molecule has 148 valence electrons. The summed E-state index contributed by atoms with van der Waals surface area (Å²) in [6.07, 6.45) is 0. The second-order valence-electron chi connectivity index (χ2n) is 7.14. The maximum atomic E-state index is 12.7. The highest BCUT2D eigenvalue weighted by molar-refractivity contribution is 6.06. The second kappa shape index (κ2) is 8.20. The summed E-state index contributed by atoms with van der Waals surface area (Å²) in [5.74, 6) is 0.402. The summed E-state index contributed by atoms with van der Waals surface area (Å²) in [6.45, 7) is 0. The Labute approximate surface area is 180 Å². The number of aromatic nitrogens is 2. The van der Waals surface area contributed by atoms with E-state index in [1.807, 2.05) is 97.1 Å². The molecule has 31 heavy (non-hydrogen) atoms. The van der Waals surface area contributed by atoms with E-state index in [2.05, 4.69) is 5.32 Å². The lowest BCUT2D eigenvalue weighted by Gasteiger charge is -2.13. The van der Waals surface area contributed by atoms with Gasteiger partial charge in [0, 0.05) is 22.1 Å². The van der Waals surface area contributed by atoms with Crippen LogP contribution in [-0.4, -0.2) is 15.9 Å². The molecule has 4 heteroatoms. The van der Waals surface area contributed by atoms with Crippen LogP contribution >= 0.6 is 0 Å². The van der Waals surface area contributed by atoms with Crippen LogP contribution in [0.2, 0.25) is 0 Å². The zero-order valence-corrected chi connectivity index (χ0v) is 16.7. The summed E-state index contributed by atoms with van der Waals surface area (Å²) in [5.41, 5.74) is 4.79. The average molecular weight is 401 g/mol. The minimum absolute atomic E-state index is 0.169. The Bertz CT molecular complexity index is 1370. The van der Waals surface area contributed by atoms with Crippen LogP contribution in [0.15, 0.2) is 109 Å². The predicted octanol–water partition coefficient (Wildman–Crippen LogP) is 6.22. The fourth-order valence-corrected chi connectivity index (χ4v) is 3.58. The molecule has 4 nitrogen and oxygen atoms in total. The van der Waals surface area contributed by atoms with Crippen LogP contribution in [0.25, 0.3) is 33.5 Å². The molecule has 0 aliphatic carbocycles. The molecule has 1 N–H and O–H groups in total. The molecule has 5 rings (SSSR count). The van der Waals surface area contributed by atoms with Crippen molar-refractivity contribution in [2.24, 2.45) is 0 Å². The Hall–Kier alpha value is -4.31. The standard InChI is InChI=1S/C27H19N3O/c31-27(20-13-5-2-6-14-20)29-24-18-10-8-16-22(24)26-28-23-17-9-7-15-21(23)25(30-26)19-11-3-1-4-12-19/h1-18H,(H,29,31). The van der Waals surface area contributed by atoms with E-state index in [9.17, 15) is 4.79 Å². The van der Waals surface area contributed by atoms with Gasteiger partial charge in [0.25, 0.3) is 5.91 Å². The van der Waals surface area contributed by atoms with Crippen LogP contribution < -0.4 is 5.32 Å². The fraction of sp³-hybridized carbons (Fsp3) is 0. The SMILES string of the molecule is O=C(Nc1ccccc1-c1nc(-c2ccccc2)c2ccccc2n1)c1ccccc1. The molecule has 1 amide bonds. The number of benzene rings is 4. The van der Waals surface area contributed by atoms with Gasteiger partial charge in [-0.25, -0.2) is 9.97 Å². The molecule has 4 aromatic carbocycles. The first-order valence-electron chi connectivity index (χ1n) is 10.1. The molecule has 0 radical (unpaired) electrons. The number of rotatable bonds is 4. The van der Waals surface area contributed by atoms with Crippen molar-refractivity contribution in [2.45, 2.75) is 0 Å². The normalized spacial score (nSPS) is 10.7. The summed E-state index contributed by atoms with van der Waals surface area (Å²) in [6, 6.07) is 34.8. The van der Waals surface area contributed by atoms with Crippen LogP contribution in [0.3, 0.4) is 0 Å². The van der Waals surface area contributed by atoms with E-state index >= 15 is 0 Å². The largest absolute Gasteiger partial charge is 0.321 e. The topological polar surface area (TPSA) is 54.9 Å². The minimum Gasteiger partial charge on any atom is -0.321 e. The molecule has 0 saturated heterocycles. The Kier molecular flexibility index (Phi) is 4.95. The molecule has 0 saturated carbocycles. The van der Waals surface area contributed by atoms with E-state index in [0.29, 0.717) is 17.1 Å². The number of nitrogens with one attached hydrogen (secondary N) is 1. The van der Waals surface area contributed by atoms with Crippen LogP contribution in [0.4, 0.5) is 5.69 Å². The zero-order chi connectivity index (χ0) is 21.0. The number of hydrogen-bond donors (Lipinski definition) is 1. The highest BCUT2D eigenvalue weighted by atomic mass is 16.1. The fourth-order valence-electron chi connectivity index (χ4n) is 3.58. The van der Waals surface area contributed by atoms with Crippen LogP contribution in [-0.2, 0) is 0 Å². The molecule has 0 spiro atoms. The third-order valence-corrected chi connectivity index (χ3v) is 5.10. The van der Waals surface area contributed by atoms with E-state index in [1.54, 1.807) is 12.1 Å². The highest BCUT2D eigenvalue weighted by Crippen LogP contribution is 2.31. The third kappa shape index (κ3) is 3.79. The van der Waals surface area contributed by atoms with Gasteiger partial charge in [-0.2, -0.15) is 0 Å². The van der Waals surface area contributed by atoms with Crippen molar-refractivity contribution < 1.29 is 4.79 Å². The van der Waals surface area contributed by atoms with E-state index in [4.69, 9.17) is 9.97 Å². The highest BCUT2D eigenvalue weighted by Gasteiger charge is 2.15. The summed E-state index contributed by atoms with van der Waals surface area (Å²) >= 11 is 0.